The molecular weight excluding hydrogens is 256 g/mol. The van der Waals surface area contributed by atoms with Gasteiger partial charge in [0.15, 0.2) is 0 Å². The quantitative estimate of drug-likeness (QED) is 0.404. The number of nitro groups is 1. The predicted octanol–water partition coefficient (Wildman–Crippen LogP) is 0.620. The van der Waals surface area contributed by atoms with Crippen LogP contribution in [0.3, 0.4) is 0 Å². The van der Waals surface area contributed by atoms with Crippen molar-refractivity contribution in [2.45, 2.75) is 18.9 Å². The maximum absolute atomic E-state index is 11.1. The Hall–Kier alpha value is -2.16. The van der Waals surface area contributed by atoms with Gasteiger partial charge in [0, 0.05) is 20.8 Å². The van der Waals surface area contributed by atoms with E-state index >= 15 is 0 Å². The maximum Gasteiger partial charge on any atom is 0.330 e. The fraction of sp³-hybridized carbons (Fsp3) is 0.600. The molecule has 1 rings (SSSR count). The molecule has 0 saturated heterocycles. The van der Waals surface area contributed by atoms with Gasteiger partial charge in [-0.2, -0.15) is 0 Å². The summed E-state index contributed by atoms with van der Waals surface area (Å²) in [5.74, 6) is -1.13. The molecule has 0 aliphatic rings. The lowest BCUT2D eigenvalue weighted by Crippen LogP contribution is -2.30. The average molecular weight is 272 g/mol. The largest absolute Gasteiger partial charge is 0.480 e. The number of carboxylic acid groups (broad SMARTS) is 1. The summed E-state index contributed by atoms with van der Waals surface area (Å²) >= 11 is 0. The summed E-state index contributed by atoms with van der Waals surface area (Å²) in [4.78, 5) is 21.3. The van der Waals surface area contributed by atoms with Crippen LogP contribution >= 0.6 is 0 Å². The molecular formula is C10H16N4O5. The zero-order valence-corrected chi connectivity index (χ0v) is 10.7. The normalized spacial score (nSPS) is 12.1. The highest BCUT2D eigenvalue weighted by Gasteiger charge is 2.24. The first kappa shape index (κ1) is 14.9. The third-order valence-corrected chi connectivity index (χ3v) is 2.46. The fourth-order valence-corrected chi connectivity index (χ4v) is 1.57. The number of nitrogens with zero attached hydrogens (tertiary/aromatic N) is 3. The first-order valence-corrected chi connectivity index (χ1v) is 5.62. The lowest BCUT2D eigenvalue weighted by Gasteiger charge is -2.13. The second-order valence-electron chi connectivity index (χ2n) is 3.96. The van der Waals surface area contributed by atoms with Gasteiger partial charge >= 0.3 is 11.7 Å². The summed E-state index contributed by atoms with van der Waals surface area (Å²) in [6, 6.07) is -0.941. The third-order valence-electron chi connectivity index (χ3n) is 2.46. The minimum atomic E-state index is -1.09. The zero-order valence-electron chi connectivity index (χ0n) is 10.7. The Labute approximate surface area is 109 Å². The molecule has 0 aromatic carbocycles. The molecule has 9 nitrogen and oxygen atoms in total. The highest BCUT2D eigenvalue weighted by Crippen LogP contribution is 2.22. The van der Waals surface area contributed by atoms with E-state index in [0.717, 1.165) is 0 Å². The van der Waals surface area contributed by atoms with Gasteiger partial charge in [-0.05, 0) is 12.8 Å². The Bertz CT molecular complexity index is 459. The molecule has 9 heteroatoms. The first-order chi connectivity index (χ1) is 8.95. The smallest absolute Gasteiger partial charge is 0.330 e. The van der Waals surface area contributed by atoms with E-state index in [4.69, 9.17) is 9.84 Å². The van der Waals surface area contributed by atoms with Crippen molar-refractivity contribution in [3.05, 3.63) is 16.3 Å². The van der Waals surface area contributed by atoms with Gasteiger partial charge in [-0.3, -0.25) is 14.8 Å². The Balaban J connectivity index is 2.78. The van der Waals surface area contributed by atoms with Crippen molar-refractivity contribution in [1.29, 1.82) is 0 Å². The number of carboxylic acids is 1. The lowest BCUT2D eigenvalue weighted by atomic mass is 10.1. The molecule has 0 fully saturated rings. The lowest BCUT2D eigenvalue weighted by molar-refractivity contribution is -0.384. The maximum atomic E-state index is 11.1. The number of hydrogen-bond acceptors (Lipinski definition) is 6. The Morgan fingerprint density at radius 2 is 2.42 bits per heavy atom. The van der Waals surface area contributed by atoms with E-state index in [1.54, 1.807) is 0 Å². The second kappa shape index (κ2) is 6.69. The van der Waals surface area contributed by atoms with Gasteiger partial charge in [0.1, 0.15) is 12.2 Å². The molecule has 0 aliphatic carbocycles. The number of rotatable bonds is 8. The molecule has 1 aromatic rings. The van der Waals surface area contributed by atoms with Gasteiger partial charge in [0.2, 0.25) is 5.82 Å². The number of hydrogen-bond donors (Lipinski definition) is 2. The molecule has 2 N–H and O–H groups in total. The molecule has 1 unspecified atom stereocenters. The summed E-state index contributed by atoms with van der Waals surface area (Å²) in [5.41, 5.74) is -0.250. The molecule has 1 atom stereocenters. The monoisotopic (exact) mass is 272 g/mol. The van der Waals surface area contributed by atoms with Crippen LogP contribution in [0.15, 0.2) is 6.20 Å². The molecule has 106 valence electrons. The zero-order chi connectivity index (χ0) is 14.4. The van der Waals surface area contributed by atoms with Crippen molar-refractivity contribution in [3.8, 4) is 0 Å². The molecule has 0 spiro atoms. The summed E-state index contributed by atoms with van der Waals surface area (Å²) in [7, 11) is 3.05. The van der Waals surface area contributed by atoms with Crippen molar-refractivity contribution in [3.63, 3.8) is 0 Å². The number of anilines is 1. The van der Waals surface area contributed by atoms with Crippen molar-refractivity contribution in [1.82, 2.24) is 9.78 Å². The van der Waals surface area contributed by atoms with Crippen molar-refractivity contribution in [2.24, 2.45) is 7.05 Å². The molecule has 1 heterocycles. The minimum Gasteiger partial charge on any atom is -0.480 e. The number of carbonyl (C=O) groups is 1. The molecule has 0 bridgehead atoms. The van der Waals surface area contributed by atoms with E-state index in [1.807, 2.05) is 0 Å². The van der Waals surface area contributed by atoms with Crippen molar-refractivity contribution < 1.29 is 19.6 Å². The van der Waals surface area contributed by atoms with E-state index in [1.165, 1.54) is 25.0 Å². The van der Waals surface area contributed by atoms with E-state index in [0.29, 0.717) is 13.0 Å². The van der Waals surface area contributed by atoms with Crippen molar-refractivity contribution >= 4 is 17.5 Å². The molecule has 0 radical (unpaired) electrons. The van der Waals surface area contributed by atoms with Crippen LogP contribution in [0.5, 0.6) is 0 Å². The van der Waals surface area contributed by atoms with Crippen LogP contribution in [0, 0.1) is 10.1 Å². The number of ether oxygens (including phenoxy) is 1. The van der Waals surface area contributed by atoms with E-state index in [-0.39, 0.29) is 17.9 Å². The van der Waals surface area contributed by atoms with Gasteiger partial charge in [0.05, 0.1) is 4.92 Å². The molecule has 0 saturated carbocycles. The van der Waals surface area contributed by atoms with Gasteiger partial charge < -0.3 is 15.2 Å². The van der Waals surface area contributed by atoms with Gasteiger partial charge in [-0.25, -0.2) is 4.79 Å². The highest BCUT2D eigenvalue weighted by atomic mass is 16.6. The number of aromatic nitrogens is 2. The number of methoxy groups -OCH3 is 1. The average Bonchev–Trinajstić information content (AvgIpc) is 2.69. The van der Waals surface area contributed by atoms with Crippen LogP contribution in [0.2, 0.25) is 0 Å². The van der Waals surface area contributed by atoms with E-state index in [2.05, 4.69) is 10.4 Å². The van der Waals surface area contributed by atoms with Crippen LogP contribution in [0.4, 0.5) is 11.5 Å². The first-order valence-electron chi connectivity index (χ1n) is 5.62. The van der Waals surface area contributed by atoms with Gasteiger partial charge in [-0.1, -0.05) is 0 Å². The fourth-order valence-electron chi connectivity index (χ4n) is 1.57. The number of aliphatic carboxylic acids is 1. The Kier molecular flexibility index (Phi) is 5.24. The Morgan fingerprint density at radius 3 is 2.95 bits per heavy atom. The van der Waals surface area contributed by atoms with E-state index < -0.39 is 16.9 Å². The van der Waals surface area contributed by atoms with Crippen LogP contribution in [-0.2, 0) is 16.6 Å². The van der Waals surface area contributed by atoms with Crippen LogP contribution in [0.25, 0.3) is 0 Å². The van der Waals surface area contributed by atoms with Crippen molar-refractivity contribution in [2.75, 3.05) is 19.0 Å². The summed E-state index contributed by atoms with van der Waals surface area (Å²) < 4.78 is 6.10. The summed E-state index contributed by atoms with van der Waals surface area (Å²) in [6.07, 6.45) is 2.04. The standard InChI is InChI=1S/C10H16N4O5/c1-13-6-8(14(17)18)9(12-13)11-7(10(15)16)4-3-5-19-2/h6-7H,3-5H2,1-2H3,(H,11,12)(H,15,16). The molecule has 1 aromatic heterocycles. The third kappa shape index (κ3) is 4.21. The van der Waals surface area contributed by atoms with Gasteiger partial charge in [0.25, 0.3) is 0 Å². The molecule has 0 aliphatic heterocycles. The molecule has 19 heavy (non-hydrogen) atoms. The van der Waals surface area contributed by atoms with Gasteiger partial charge in [-0.15, -0.1) is 5.10 Å². The minimum absolute atomic E-state index is 0.0442. The SMILES string of the molecule is COCCCC(Nc1nn(C)cc1[N+](=O)[O-])C(=O)O. The van der Waals surface area contributed by atoms with Crippen LogP contribution < -0.4 is 5.32 Å². The molecule has 0 amide bonds. The topological polar surface area (TPSA) is 120 Å². The van der Waals surface area contributed by atoms with Crippen LogP contribution in [-0.4, -0.2) is 45.5 Å². The Morgan fingerprint density at radius 1 is 1.74 bits per heavy atom. The summed E-state index contributed by atoms with van der Waals surface area (Å²) in [6.45, 7) is 0.426. The highest BCUT2D eigenvalue weighted by molar-refractivity contribution is 5.77. The van der Waals surface area contributed by atoms with E-state index in [9.17, 15) is 14.9 Å². The number of aryl methyl sites for hydroxylation is 1. The summed E-state index contributed by atoms with van der Waals surface area (Å²) in [5, 5.41) is 26.3. The van der Waals surface area contributed by atoms with Crippen LogP contribution in [0.1, 0.15) is 12.8 Å². The predicted molar refractivity (Wildman–Crippen MR) is 66.0 cm³/mol. The second-order valence-corrected chi connectivity index (χ2v) is 3.96. The number of nitrogens with one attached hydrogen (secondary N) is 1.